The molecule has 1 aromatic heterocycles. The molecule has 140 valence electrons. The van der Waals surface area contributed by atoms with Crippen LogP contribution in [0.4, 0.5) is 5.69 Å². The molecule has 0 aliphatic heterocycles. The lowest BCUT2D eigenvalue weighted by Crippen LogP contribution is -2.12. The van der Waals surface area contributed by atoms with E-state index in [1.54, 1.807) is 39.7 Å². The number of rotatable bonds is 10. The lowest BCUT2D eigenvalue weighted by molar-refractivity contribution is -0.116. The van der Waals surface area contributed by atoms with E-state index in [0.29, 0.717) is 49.1 Å². The number of ether oxygens (including phenoxy) is 4. The van der Waals surface area contributed by atoms with Gasteiger partial charge in [-0.05, 0) is 30.2 Å². The first kappa shape index (κ1) is 19.5. The van der Waals surface area contributed by atoms with E-state index in [0.717, 1.165) is 5.56 Å². The van der Waals surface area contributed by atoms with Crippen LogP contribution >= 0.6 is 0 Å². The fraction of sp³-hybridized carbons (Fsp3) is 0.368. The largest absolute Gasteiger partial charge is 0.493 e. The van der Waals surface area contributed by atoms with Gasteiger partial charge in [0.05, 0.1) is 32.7 Å². The number of methoxy groups -OCH3 is 3. The summed E-state index contributed by atoms with van der Waals surface area (Å²) in [6.45, 7) is 0.927. The van der Waals surface area contributed by atoms with E-state index >= 15 is 0 Å². The van der Waals surface area contributed by atoms with Gasteiger partial charge in [-0.3, -0.25) is 4.79 Å². The molecule has 0 aliphatic rings. The first-order valence-corrected chi connectivity index (χ1v) is 8.24. The lowest BCUT2D eigenvalue weighted by atomic mass is 10.1. The predicted octanol–water partition coefficient (Wildman–Crippen LogP) is 2.70. The Morgan fingerprint density at radius 3 is 2.50 bits per heavy atom. The summed E-state index contributed by atoms with van der Waals surface area (Å²) in [5, 5.41) is 2.82. The Morgan fingerprint density at radius 1 is 1.04 bits per heavy atom. The van der Waals surface area contributed by atoms with Crippen LogP contribution in [0.5, 0.6) is 17.4 Å². The van der Waals surface area contributed by atoms with E-state index in [9.17, 15) is 4.79 Å². The van der Waals surface area contributed by atoms with Crippen LogP contribution in [0.15, 0.2) is 36.5 Å². The van der Waals surface area contributed by atoms with E-state index in [2.05, 4.69) is 10.3 Å². The van der Waals surface area contributed by atoms with Gasteiger partial charge in [0.15, 0.2) is 11.5 Å². The van der Waals surface area contributed by atoms with Gasteiger partial charge in [-0.2, -0.15) is 0 Å². The summed E-state index contributed by atoms with van der Waals surface area (Å²) in [6, 6.07) is 9.09. The third kappa shape index (κ3) is 5.93. The Labute approximate surface area is 153 Å². The molecule has 0 atom stereocenters. The molecule has 7 heteroatoms. The number of nitrogens with one attached hydrogen (secondary N) is 1. The van der Waals surface area contributed by atoms with Crippen LogP contribution in [0.2, 0.25) is 0 Å². The minimum Gasteiger partial charge on any atom is -0.493 e. The molecule has 0 saturated carbocycles. The van der Waals surface area contributed by atoms with E-state index in [1.807, 2.05) is 18.2 Å². The van der Waals surface area contributed by atoms with Crippen LogP contribution in [0.3, 0.4) is 0 Å². The first-order chi connectivity index (χ1) is 12.7. The quantitative estimate of drug-likeness (QED) is 0.656. The second kappa shape index (κ2) is 10.2. The first-order valence-electron chi connectivity index (χ1n) is 8.24. The van der Waals surface area contributed by atoms with Gasteiger partial charge in [-0.15, -0.1) is 0 Å². The number of hydrogen-bond donors (Lipinski definition) is 1. The molecule has 2 rings (SSSR count). The van der Waals surface area contributed by atoms with Crippen molar-refractivity contribution in [2.75, 3.05) is 39.9 Å². The molecule has 2 aromatic rings. The maximum absolute atomic E-state index is 12.1. The number of pyridine rings is 1. The van der Waals surface area contributed by atoms with Crippen molar-refractivity contribution in [3.05, 3.63) is 42.1 Å². The number of aryl methyl sites for hydroxylation is 1. The molecule has 7 nitrogen and oxygen atoms in total. The Balaban J connectivity index is 1.83. The number of amides is 1. The second-order valence-electron chi connectivity index (χ2n) is 5.46. The van der Waals surface area contributed by atoms with Gasteiger partial charge < -0.3 is 24.3 Å². The standard InChI is InChI=1S/C19H24N2O5/c1-23-10-11-26-19-9-6-15(13-20-19)21-18(22)8-5-14-4-7-16(24-2)17(12-14)25-3/h4,6-7,9,12-13H,5,8,10-11H2,1-3H3,(H,21,22). The van der Waals surface area contributed by atoms with Crippen LogP contribution in [-0.4, -0.2) is 45.4 Å². The minimum absolute atomic E-state index is 0.0883. The Morgan fingerprint density at radius 2 is 1.85 bits per heavy atom. The number of carbonyl (C=O) groups excluding carboxylic acids is 1. The van der Waals surface area contributed by atoms with Crippen molar-refractivity contribution < 1.29 is 23.7 Å². The average molecular weight is 360 g/mol. The topological polar surface area (TPSA) is 78.9 Å². The molecule has 1 aromatic carbocycles. The minimum atomic E-state index is -0.0883. The fourth-order valence-corrected chi connectivity index (χ4v) is 2.29. The molecule has 0 saturated heterocycles. The molecule has 1 amide bonds. The molecule has 0 bridgehead atoms. The van der Waals surface area contributed by atoms with Crippen molar-refractivity contribution in [3.63, 3.8) is 0 Å². The third-order valence-electron chi connectivity index (χ3n) is 3.65. The maximum Gasteiger partial charge on any atom is 0.224 e. The summed E-state index contributed by atoms with van der Waals surface area (Å²) in [6.07, 6.45) is 2.51. The molecule has 0 spiro atoms. The molecular formula is C19H24N2O5. The molecule has 0 aliphatic carbocycles. The summed E-state index contributed by atoms with van der Waals surface area (Å²) >= 11 is 0. The Bertz CT molecular complexity index is 704. The number of benzene rings is 1. The van der Waals surface area contributed by atoms with Crippen LogP contribution in [0, 0.1) is 0 Å². The maximum atomic E-state index is 12.1. The van der Waals surface area contributed by atoms with Gasteiger partial charge >= 0.3 is 0 Å². The van der Waals surface area contributed by atoms with Crippen molar-refractivity contribution in [2.24, 2.45) is 0 Å². The number of anilines is 1. The smallest absolute Gasteiger partial charge is 0.224 e. The van der Waals surface area contributed by atoms with Crippen molar-refractivity contribution in [3.8, 4) is 17.4 Å². The van der Waals surface area contributed by atoms with E-state index < -0.39 is 0 Å². The zero-order chi connectivity index (χ0) is 18.8. The van der Waals surface area contributed by atoms with Gasteiger partial charge in [-0.1, -0.05) is 6.07 Å². The van der Waals surface area contributed by atoms with Crippen molar-refractivity contribution in [2.45, 2.75) is 12.8 Å². The fourth-order valence-electron chi connectivity index (χ4n) is 2.29. The summed E-state index contributed by atoms with van der Waals surface area (Å²) in [7, 11) is 4.79. The second-order valence-corrected chi connectivity index (χ2v) is 5.46. The van der Waals surface area contributed by atoms with Gasteiger partial charge in [0, 0.05) is 19.6 Å². The molecule has 1 heterocycles. The zero-order valence-corrected chi connectivity index (χ0v) is 15.3. The summed E-state index contributed by atoms with van der Waals surface area (Å²) in [5.74, 6) is 1.72. The van der Waals surface area contributed by atoms with Gasteiger partial charge in [0.25, 0.3) is 0 Å². The highest BCUT2D eigenvalue weighted by atomic mass is 16.5. The molecule has 1 N–H and O–H groups in total. The average Bonchev–Trinajstić information content (AvgIpc) is 2.67. The molecule has 0 fully saturated rings. The van der Waals surface area contributed by atoms with Gasteiger partial charge in [-0.25, -0.2) is 4.98 Å². The highest BCUT2D eigenvalue weighted by Crippen LogP contribution is 2.28. The summed E-state index contributed by atoms with van der Waals surface area (Å²) in [5.41, 5.74) is 1.62. The van der Waals surface area contributed by atoms with Crippen molar-refractivity contribution >= 4 is 11.6 Å². The van der Waals surface area contributed by atoms with E-state index in [4.69, 9.17) is 18.9 Å². The normalized spacial score (nSPS) is 10.3. The highest BCUT2D eigenvalue weighted by molar-refractivity contribution is 5.90. The molecule has 0 unspecified atom stereocenters. The highest BCUT2D eigenvalue weighted by Gasteiger charge is 2.08. The molecule has 26 heavy (non-hydrogen) atoms. The van der Waals surface area contributed by atoms with Gasteiger partial charge in [0.2, 0.25) is 11.8 Å². The SMILES string of the molecule is COCCOc1ccc(NC(=O)CCc2ccc(OC)c(OC)c2)cn1. The summed E-state index contributed by atoms with van der Waals surface area (Å²) < 4.78 is 20.8. The van der Waals surface area contributed by atoms with Crippen molar-refractivity contribution in [1.29, 1.82) is 0 Å². The number of aromatic nitrogens is 1. The van der Waals surface area contributed by atoms with Gasteiger partial charge in [0.1, 0.15) is 6.61 Å². The third-order valence-corrected chi connectivity index (χ3v) is 3.65. The monoisotopic (exact) mass is 360 g/mol. The zero-order valence-electron chi connectivity index (χ0n) is 15.3. The number of hydrogen-bond acceptors (Lipinski definition) is 6. The number of nitrogens with zero attached hydrogens (tertiary/aromatic N) is 1. The Kier molecular flexibility index (Phi) is 7.70. The number of carbonyl (C=O) groups is 1. The molecule has 0 radical (unpaired) electrons. The lowest BCUT2D eigenvalue weighted by Gasteiger charge is -2.10. The Hall–Kier alpha value is -2.80. The van der Waals surface area contributed by atoms with E-state index in [-0.39, 0.29) is 5.91 Å². The molecular weight excluding hydrogens is 336 g/mol. The van der Waals surface area contributed by atoms with Crippen LogP contribution in [0.25, 0.3) is 0 Å². The van der Waals surface area contributed by atoms with E-state index in [1.165, 1.54) is 0 Å². The van der Waals surface area contributed by atoms with Crippen LogP contribution < -0.4 is 19.5 Å². The van der Waals surface area contributed by atoms with Crippen LogP contribution in [0.1, 0.15) is 12.0 Å². The van der Waals surface area contributed by atoms with Crippen LogP contribution in [-0.2, 0) is 16.0 Å². The predicted molar refractivity (Wildman–Crippen MR) is 98.1 cm³/mol. The van der Waals surface area contributed by atoms with Crippen molar-refractivity contribution in [1.82, 2.24) is 4.98 Å². The summed E-state index contributed by atoms with van der Waals surface area (Å²) in [4.78, 5) is 16.3.